The summed E-state index contributed by atoms with van der Waals surface area (Å²) in [5.74, 6) is -5.35. The van der Waals surface area contributed by atoms with Gasteiger partial charge < -0.3 is 9.84 Å². The topological polar surface area (TPSA) is 117 Å². The third-order valence-electron chi connectivity index (χ3n) is 9.00. The molecule has 4 aliphatic rings. The summed E-state index contributed by atoms with van der Waals surface area (Å²) in [4.78, 5) is 58.2. The number of ether oxygens (including phenoxy) is 1. The van der Waals surface area contributed by atoms with E-state index < -0.39 is 53.2 Å². The number of benzene rings is 1. The lowest BCUT2D eigenvalue weighted by molar-refractivity contribution is -0.141. The summed E-state index contributed by atoms with van der Waals surface area (Å²) in [5, 5.41) is 11.5. The van der Waals surface area contributed by atoms with E-state index >= 15 is 0 Å². The number of alkyl halides is 3. The second kappa shape index (κ2) is 11.3. The number of aromatic nitrogens is 1. The number of amides is 2. The zero-order valence-electron chi connectivity index (χ0n) is 24.8. The minimum atomic E-state index is -4.79. The van der Waals surface area contributed by atoms with Gasteiger partial charge in [-0.15, -0.1) is 0 Å². The maximum absolute atomic E-state index is 14.1. The molecule has 3 aliphatic carbocycles. The van der Waals surface area contributed by atoms with E-state index in [0.717, 1.165) is 16.1 Å². The van der Waals surface area contributed by atoms with Crippen molar-refractivity contribution < 1.29 is 42.2 Å². The minimum Gasteiger partial charge on any atom is -0.504 e. The number of anilines is 1. The molecule has 1 aliphatic heterocycles. The van der Waals surface area contributed by atoms with E-state index in [2.05, 4.69) is 4.98 Å². The highest BCUT2D eigenvalue weighted by Crippen LogP contribution is 2.53. The molecule has 1 saturated heterocycles. The SMILES string of the molecule is COc1cc(C=CC2C3=CCC4C(=O)N(N(C)c5nc(C(F)(F)F)ccc5Cl)C(=O)C4C3CC3=C2C(=O)C=C(C)C3=O)ccc1O. The number of ketones is 2. The van der Waals surface area contributed by atoms with Crippen molar-refractivity contribution in [1.29, 1.82) is 0 Å². The van der Waals surface area contributed by atoms with Gasteiger partial charge in [0.2, 0.25) is 0 Å². The zero-order chi connectivity index (χ0) is 33.2. The van der Waals surface area contributed by atoms with Crippen LogP contribution in [0.25, 0.3) is 6.08 Å². The van der Waals surface area contributed by atoms with Crippen LogP contribution in [-0.4, -0.2) is 52.6 Å². The van der Waals surface area contributed by atoms with E-state index in [-0.39, 0.29) is 52.1 Å². The van der Waals surface area contributed by atoms with E-state index in [1.807, 2.05) is 6.08 Å². The van der Waals surface area contributed by atoms with Crippen LogP contribution in [-0.2, 0) is 25.4 Å². The summed E-state index contributed by atoms with van der Waals surface area (Å²) in [5.41, 5.74) is 0.909. The molecule has 13 heteroatoms. The largest absolute Gasteiger partial charge is 0.504 e. The van der Waals surface area contributed by atoms with Gasteiger partial charge >= 0.3 is 6.18 Å². The van der Waals surface area contributed by atoms with Gasteiger partial charge in [0.15, 0.2) is 28.9 Å². The van der Waals surface area contributed by atoms with Crippen molar-refractivity contribution in [3.8, 4) is 11.5 Å². The number of Topliss-reactive ketones (excluding diaryl/α,β-unsaturated/α-hetero) is 1. The molecule has 2 aromatic rings. The molecular formula is C33H27ClF3N3O6. The molecule has 0 spiro atoms. The molecule has 238 valence electrons. The summed E-state index contributed by atoms with van der Waals surface area (Å²) in [6, 6.07) is 6.41. The molecule has 1 aromatic heterocycles. The number of aromatic hydroxyl groups is 1. The molecule has 1 N–H and O–H groups in total. The van der Waals surface area contributed by atoms with E-state index in [9.17, 15) is 37.5 Å². The number of methoxy groups -OCH3 is 1. The fourth-order valence-corrected chi connectivity index (χ4v) is 7.08. The Kier molecular flexibility index (Phi) is 7.66. The Morgan fingerprint density at radius 3 is 2.54 bits per heavy atom. The van der Waals surface area contributed by atoms with Crippen molar-refractivity contribution in [1.82, 2.24) is 9.99 Å². The van der Waals surface area contributed by atoms with Crippen molar-refractivity contribution >= 4 is 46.9 Å². The first-order chi connectivity index (χ1) is 21.7. The van der Waals surface area contributed by atoms with Crippen LogP contribution in [0.3, 0.4) is 0 Å². The molecule has 6 rings (SSSR count). The number of hydrogen-bond donors (Lipinski definition) is 1. The molecule has 4 unspecified atom stereocenters. The highest BCUT2D eigenvalue weighted by molar-refractivity contribution is 6.33. The summed E-state index contributed by atoms with van der Waals surface area (Å²) in [6.07, 6.45) is 1.96. The van der Waals surface area contributed by atoms with Crippen LogP contribution in [0.15, 0.2) is 70.9 Å². The van der Waals surface area contributed by atoms with Crippen molar-refractivity contribution in [2.45, 2.75) is 25.9 Å². The molecular weight excluding hydrogens is 627 g/mol. The monoisotopic (exact) mass is 653 g/mol. The van der Waals surface area contributed by atoms with Gasteiger partial charge in [0.25, 0.3) is 11.8 Å². The lowest BCUT2D eigenvalue weighted by Crippen LogP contribution is -2.46. The second-order valence-corrected chi connectivity index (χ2v) is 12.0. The molecule has 4 atom stereocenters. The van der Waals surface area contributed by atoms with Crippen LogP contribution >= 0.6 is 11.6 Å². The maximum atomic E-state index is 14.1. The Morgan fingerprint density at radius 1 is 1.11 bits per heavy atom. The van der Waals surface area contributed by atoms with E-state index in [1.54, 1.807) is 31.2 Å². The number of carbonyl (C=O) groups excluding carboxylic acids is 4. The second-order valence-electron chi connectivity index (χ2n) is 11.6. The minimum absolute atomic E-state index is 0.0363. The third kappa shape index (κ3) is 5.00. The molecule has 0 saturated carbocycles. The van der Waals surface area contributed by atoms with E-state index in [1.165, 1.54) is 26.3 Å². The predicted octanol–water partition coefficient (Wildman–Crippen LogP) is 5.49. The fraction of sp³-hybridized carbons (Fsp3) is 0.303. The van der Waals surface area contributed by atoms with Gasteiger partial charge in [-0.05, 0) is 61.6 Å². The highest BCUT2D eigenvalue weighted by atomic mass is 35.5. The van der Waals surface area contributed by atoms with Gasteiger partial charge in [-0.25, -0.2) is 4.98 Å². The lowest BCUT2D eigenvalue weighted by atomic mass is 9.60. The van der Waals surface area contributed by atoms with Crippen LogP contribution in [0.2, 0.25) is 5.02 Å². The summed E-state index contributed by atoms with van der Waals surface area (Å²) in [6.45, 7) is 1.54. The van der Waals surface area contributed by atoms with E-state index in [4.69, 9.17) is 16.3 Å². The molecule has 1 fully saturated rings. The Morgan fingerprint density at radius 2 is 1.85 bits per heavy atom. The summed E-state index contributed by atoms with van der Waals surface area (Å²) >= 11 is 6.19. The Labute approximate surface area is 266 Å². The van der Waals surface area contributed by atoms with Crippen LogP contribution < -0.4 is 9.75 Å². The van der Waals surface area contributed by atoms with Crippen LogP contribution in [0.1, 0.15) is 31.0 Å². The number of hydrogen-bond acceptors (Lipinski definition) is 8. The number of phenols is 1. The number of phenolic OH excluding ortho intramolecular Hbond substituents is 1. The van der Waals surface area contributed by atoms with Crippen LogP contribution in [0.4, 0.5) is 19.0 Å². The Bertz CT molecular complexity index is 1850. The van der Waals surface area contributed by atoms with Crippen LogP contribution in [0, 0.1) is 23.7 Å². The van der Waals surface area contributed by atoms with Gasteiger partial charge in [-0.2, -0.15) is 18.2 Å². The molecule has 1 aromatic carbocycles. The number of rotatable bonds is 5. The van der Waals surface area contributed by atoms with Gasteiger partial charge in [0, 0.05) is 29.7 Å². The molecule has 0 bridgehead atoms. The van der Waals surface area contributed by atoms with Crippen molar-refractivity contribution in [2.75, 3.05) is 19.2 Å². The van der Waals surface area contributed by atoms with Gasteiger partial charge in [-0.1, -0.05) is 41.5 Å². The number of nitrogens with zero attached hydrogens (tertiary/aromatic N) is 3. The Balaban J connectivity index is 1.39. The fourth-order valence-electron chi connectivity index (χ4n) is 6.86. The zero-order valence-corrected chi connectivity index (χ0v) is 25.5. The molecule has 0 radical (unpaired) electrons. The number of allylic oxidation sites excluding steroid dienone is 7. The number of imide groups is 1. The smallest absolute Gasteiger partial charge is 0.433 e. The first-order valence-corrected chi connectivity index (χ1v) is 14.7. The molecule has 2 amide bonds. The summed E-state index contributed by atoms with van der Waals surface area (Å²) < 4.78 is 45.5. The van der Waals surface area contributed by atoms with Gasteiger partial charge in [0.05, 0.1) is 24.0 Å². The first kappa shape index (κ1) is 31.3. The number of halogens is 4. The standard InChI is InChI=1S/C33H27ClF3N3O6/c1-15-12-24(42)27-18(6-4-16-5-10-23(41)25(13-16)46-3)17-7-8-19-28(20(17)14-21(27)29(15)43)32(45)40(31(19)44)39(2)30-22(34)9-11-26(38-30)33(35,36)37/h4-7,9-13,18-20,28,41H,8,14H2,1-3H3. The van der Waals surface area contributed by atoms with Crippen molar-refractivity contribution in [3.05, 3.63) is 87.1 Å². The lowest BCUT2D eigenvalue weighted by Gasteiger charge is -2.41. The van der Waals surface area contributed by atoms with Gasteiger partial charge in [-0.3, -0.25) is 24.2 Å². The van der Waals surface area contributed by atoms with Crippen molar-refractivity contribution in [2.24, 2.45) is 23.7 Å². The molecule has 9 nitrogen and oxygen atoms in total. The molecule has 2 heterocycles. The number of carbonyl (C=O) groups is 4. The predicted molar refractivity (Wildman–Crippen MR) is 160 cm³/mol. The van der Waals surface area contributed by atoms with Crippen LogP contribution in [0.5, 0.6) is 11.5 Å². The Hall–Kier alpha value is -4.71. The van der Waals surface area contributed by atoms with Crippen molar-refractivity contribution in [3.63, 3.8) is 0 Å². The number of pyridine rings is 1. The third-order valence-corrected chi connectivity index (χ3v) is 9.29. The molecule has 46 heavy (non-hydrogen) atoms. The normalized spacial score (nSPS) is 24.5. The van der Waals surface area contributed by atoms with Gasteiger partial charge in [0.1, 0.15) is 5.69 Å². The highest BCUT2D eigenvalue weighted by Gasteiger charge is 2.57. The maximum Gasteiger partial charge on any atom is 0.433 e. The quantitative estimate of drug-likeness (QED) is 0.256. The van der Waals surface area contributed by atoms with E-state index in [0.29, 0.717) is 22.8 Å². The number of hydrazine groups is 1. The number of fused-ring (bicyclic) bond motifs is 3. The average molecular weight is 654 g/mol. The first-order valence-electron chi connectivity index (χ1n) is 14.3. The summed E-state index contributed by atoms with van der Waals surface area (Å²) in [7, 11) is 2.65. The average Bonchev–Trinajstić information content (AvgIpc) is 3.27.